The molecular weight excluding hydrogens is 126 g/mol. The van der Waals surface area contributed by atoms with E-state index in [0.29, 0.717) is 6.61 Å². The highest BCUT2D eigenvalue weighted by Gasteiger charge is 1.83. The van der Waals surface area contributed by atoms with Crippen molar-refractivity contribution in [2.24, 2.45) is 0 Å². The largest absolute Gasteiger partial charge is 0.396 e. The van der Waals surface area contributed by atoms with Crippen molar-refractivity contribution in [1.29, 1.82) is 0 Å². The Hall–Kier alpha value is -0.520. The van der Waals surface area contributed by atoms with Gasteiger partial charge in [-0.1, -0.05) is 5.92 Å². The van der Waals surface area contributed by atoms with Crippen LogP contribution >= 0.6 is 0 Å². The van der Waals surface area contributed by atoms with Crippen LogP contribution in [0, 0.1) is 11.8 Å². The summed E-state index contributed by atoms with van der Waals surface area (Å²) < 4.78 is 0. The van der Waals surface area contributed by atoms with Gasteiger partial charge in [-0.15, -0.1) is 5.92 Å². The molecule has 0 saturated carbocycles. The number of aliphatic hydroxyl groups is 1. The van der Waals surface area contributed by atoms with E-state index in [2.05, 4.69) is 17.2 Å². The van der Waals surface area contributed by atoms with Crippen LogP contribution in [-0.4, -0.2) is 24.8 Å². The standard InChI is InChI=1S/C8H15NO/c1-2-3-6-9-7-4-5-8-10/h9-10H,4-8H2,1H3. The Bertz CT molecular complexity index is 112. The quantitative estimate of drug-likeness (QED) is 0.428. The normalized spacial score (nSPS) is 8.60. The van der Waals surface area contributed by atoms with E-state index in [1.807, 2.05) is 6.92 Å². The van der Waals surface area contributed by atoms with Crippen LogP contribution in [0.2, 0.25) is 0 Å². The molecule has 0 unspecified atom stereocenters. The van der Waals surface area contributed by atoms with E-state index in [0.717, 1.165) is 25.9 Å². The highest BCUT2D eigenvalue weighted by molar-refractivity contribution is 4.96. The molecule has 0 atom stereocenters. The van der Waals surface area contributed by atoms with E-state index in [9.17, 15) is 0 Å². The molecule has 0 radical (unpaired) electrons. The Morgan fingerprint density at radius 1 is 1.40 bits per heavy atom. The molecule has 10 heavy (non-hydrogen) atoms. The third kappa shape index (κ3) is 7.48. The van der Waals surface area contributed by atoms with Crippen molar-refractivity contribution in [3.63, 3.8) is 0 Å². The van der Waals surface area contributed by atoms with Gasteiger partial charge < -0.3 is 10.4 Å². The molecule has 0 heterocycles. The summed E-state index contributed by atoms with van der Waals surface area (Å²) in [4.78, 5) is 0. The molecule has 0 amide bonds. The van der Waals surface area contributed by atoms with Crippen LogP contribution < -0.4 is 5.32 Å². The van der Waals surface area contributed by atoms with E-state index in [-0.39, 0.29) is 0 Å². The molecule has 2 heteroatoms. The summed E-state index contributed by atoms with van der Waals surface area (Å²) in [5.74, 6) is 5.70. The van der Waals surface area contributed by atoms with Crippen molar-refractivity contribution in [1.82, 2.24) is 5.32 Å². The second-order valence-corrected chi connectivity index (χ2v) is 2.03. The summed E-state index contributed by atoms with van der Waals surface area (Å²) in [6, 6.07) is 0. The summed E-state index contributed by atoms with van der Waals surface area (Å²) in [6.07, 6.45) is 1.91. The number of hydrogen-bond donors (Lipinski definition) is 2. The molecule has 2 N–H and O–H groups in total. The summed E-state index contributed by atoms with van der Waals surface area (Å²) in [5.41, 5.74) is 0. The Labute approximate surface area is 62.6 Å². The minimum absolute atomic E-state index is 0.293. The van der Waals surface area contributed by atoms with Gasteiger partial charge in [-0.05, 0) is 26.3 Å². The number of rotatable bonds is 5. The molecule has 58 valence electrons. The average Bonchev–Trinajstić information content (AvgIpc) is 1.97. The lowest BCUT2D eigenvalue weighted by atomic mass is 10.3. The van der Waals surface area contributed by atoms with E-state index >= 15 is 0 Å². The van der Waals surface area contributed by atoms with Crippen LogP contribution in [0.5, 0.6) is 0 Å². The topological polar surface area (TPSA) is 32.3 Å². The van der Waals surface area contributed by atoms with Crippen molar-refractivity contribution < 1.29 is 5.11 Å². The zero-order valence-corrected chi connectivity index (χ0v) is 6.48. The van der Waals surface area contributed by atoms with Crippen LogP contribution in [0.25, 0.3) is 0 Å². The fourth-order valence-electron chi connectivity index (χ4n) is 0.601. The Balaban J connectivity index is 2.82. The predicted molar refractivity (Wildman–Crippen MR) is 42.6 cm³/mol. The molecular formula is C8H15NO. The number of aliphatic hydroxyl groups excluding tert-OH is 1. The first-order valence-electron chi connectivity index (χ1n) is 3.63. The molecule has 0 rings (SSSR count). The van der Waals surface area contributed by atoms with Gasteiger partial charge in [0.2, 0.25) is 0 Å². The fourth-order valence-corrected chi connectivity index (χ4v) is 0.601. The zero-order chi connectivity index (χ0) is 7.66. The van der Waals surface area contributed by atoms with Crippen LogP contribution in [0.1, 0.15) is 19.8 Å². The molecule has 0 fully saturated rings. The van der Waals surface area contributed by atoms with Gasteiger partial charge in [-0.3, -0.25) is 0 Å². The summed E-state index contributed by atoms with van der Waals surface area (Å²) in [6.45, 7) is 3.84. The smallest absolute Gasteiger partial charge is 0.0576 e. The lowest BCUT2D eigenvalue weighted by Crippen LogP contribution is -2.15. The van der Waals surface area contributed by atoms with Gasteiger partial charge in [-0.25, -0.2) is 0 Å². The third-order valence-corrected chi connectivity index (χ3v) is 1.15. The second-order valence-electron chi connectivity index (χ2n) is 2.03. The van der Waals surface area contributed by atoms with E-state index in [1.54, 1.807) is 0 Å². The van der Waals surface area contributed by atoms with Gasteiger partial charge >= 0.3 is 0 Å². The van der Waals surface area contributed by atoms with Crippen LogP contribution in [0.3, 0.4) is 0 Å². The molecule has 0 aliphatic rings. The molecule has 0 aliphatic carbocycles. The van der Waals surface area contributed by atoms with E-state index < -0.39 is 0 Å². The van der Waals surface area contributed by atoms with Gasteiger partial charge in [0.15, 0.2) is 0 Å². The zero-order valence-electron chi connectivity index (χ0n) is 6.48. The highest BCUT2D eigenvalue weighted by atomic mass is 16.2. The molecule has 0 spiro atoms. The number of nitrogens with one attached hydrogen (secondary N) is 1. The Morgan fingerprint density at radius 3 is 2.80 bits per heavy atom. The van der Waals surface area contributed by atoms with Crippen LogP contribution in [0.15, 0.2) is 0 Å². The number of hydrogen-bond acceptors (Lipinski definition) is 2. The summed E-state index contributed by atoms with van der Waals surface area (Å²) in [7, 11) is 0. The first-order chi connectivity index (χ1) is 4.91. The van der Waals surface area contributed by atoms with Crippen molar-refractivity contribution >= 4 is 0 Å². The van der Waals surface area contributed by atoms with Crippen molar-refractivity contribution in [2.45, 2.75) is 19.8 Å². The lowest BCUT2D eigenvalue weighted by molar-refractivity contribution is 0.284. The van der Waals surface area contributed by atoms with Crippen molar-refractivity contribution in [3.8, 4) is 11.8 Å². The Morgan fingerprint density at radius 2 is 2.20 bits per heavy atom. The lowest BCUT2D eigenvalue weighted by Gasteiger charge is -1.96. The summed E-state index contributed by atoms with van der Waals surface area (Å²) in [5, 5.41) is 11.5. The Kier molecular flexibility index (Phi) is 8.04. The van der Waals surface area contributed by atoms with Crippen molar-refractivity contribution in [3.05, 3.63) is 0 Å². The SMILES string of the molecule is CC#CCNCCCCO. The highest BCUT2D eigenvalue weighted by Crippen LogP contribution is 1.82. The maximum absolute atomic E-state index is 8.41. The minimum atomic E-state index is 0.293. The maximum Gasteiger partial charge on any atom is 0.0576 e. The van der Waals surface area contributed by atoms with E-state index in [1.165, 1.54) is 0 Å². The van der Waals surface area contributed by atoms with Gasteiger partial charge in [0.25, 0.3) is 0 Å². The van der Waals surface area contributed by atoms with Gasteiger partial charge in [0, 0.05) is 6.61 Å². The fraction of sp³-hybridized carbons (Fsp3) is 0.750. The molecule has 0 bridgehead atoms. The monoisotopic (exact) mass is 141 g/mol. The minimum Gasteiger partial charge on any atom is -0.396 e. The molecule has 0 saturated heterocycles. The van der Waals surface area contributed by atoms with Gasteiger partial charge in [0.05, 0.1) is 6.54 Å². The second kappa shape index (κ2) is 8.48. The summed E-state index contributed by atoms with van der Waals surface area (Å²) >= 11 is 0. The molecule has 0 aliphatic heterocycles. The van der Waals surface area contributed by atoms with Crippen molar-refractivity contribution in [2.75, 3.05) is 19.7 Å². The third-order valence-electron chi connectivity index (χ3n) is 1.15. The average molecular weight is 141 g/mol. The number of unbranched alkanes of at least 4 members (excludes halogenated alkanes) is 1. The molecule has 0 aromatic carbocycles. The first kappa shape index (κ1) is 9.48. The molecule has 0 aromatic rings. The molecule has 2 nitrogen and oxygen atoms in total. The van der Waals surface area contributed by atoms with E-state index in [4.69, 9.17) is 5.11 Å². The van der Waals surface area contributed by atoms with Crippen LogP contribution in [-0.2, 0) is 0 Å². The van der Waals surface area contributed by atoms with Gasteiger partial charge in [0.1, 0.15) is 0 Å². The maximum atomic E-state index is 8.41. The first-order valence-corrected chi connectivity index (χ1v) is 3.63. The van der Waals surface area contributed by atoms with Gasteiger partial charge in [-0.2, -0.15) is 0 Å². The van der Waals surface area contributed by atoms with Crippen LogP contribution in [0.4, 0.5) is 0 Å². The molecule has 0 aromatic heterocycles. The predicted octanol–water partition coefficient (Wildman–Crippen LogP) is 0.372.